The number of hydrogen-bond donors (Lipinski definition) is 6. The number of allylic oxidation sites excluding steroid dienone is 4. The molecule has 340 valence electrons. The van der Waals surface area contributed by atoms with Crippen molar-refractivity contribution in [3.8, 4) is 0 Å². The molecule has 6 unspecified atom stereocenters. The molecule has 8 atom stereocenters. The van der Waals surface area contributed by atoms with Crippen LogP contribution in [-0.4, -0.2) is 98.3 Å². The maximum Gasteiger partial charge on any atom is 0.472 e. The average molecular weight is 849 g/mol. The third-order valence-corrected chi connectivity index (χ3v) is 11.5. The number of carbonyl (C=O) groups is 2. The van der Waals surface area contributed by atoms with Crippen molar-refractivity contribution in [2.45, 2.75) is 230 Å². The molecule has 14 heteroatoms. The van der Waals surface area contributed by atoms with Gasteiger partial charge in [-0.3, -0.25) is 18.6 Å². The van der Waals surface area contributed by atoms with Gasteiger partial charge in [-0.05, 0) is 64.2 Å². The summed E-state index contributed by atoms with van der Waals surface area (Å²) >= 11 is 0. The van der Waals surface area contributed by atoms with E-state index >= 15 is 0 Å². The highest BCUT2D eigenvalue weighted by atomic mass is 31.2. The van der Waals surface area contributed by atoms with Crippen molar-refractivity contribution in [3.63, 3.8) is 0 Å². The van der Waals surface area contributed by atoms with Crippen molar-refractivity contribution in [2.75, 3.05) is 13.2 Å². The number of hydrogen-bond acceptors (Lipinski definition) is 12. The van der Waals surface area contributed by atoms with Gasteiger partial charge in [0, 0.05) is 12.8 Å². The maximum atomic E-state index is 12.8. The Bertz CT molecular complexity index is 1120. The molecule has 1 fully saturated rings. The molecule has 0 spiro atoms. The molecular weight excluding hydrogens is 767 g/mol. The van der Waals surface area contributed by atoms with Crippen LogP contribution in [0.1, 0.15) is 187 Å². The van der Waals surface area contributed by atoms with Gasteiger partial charge in [0.1, 0.15) is 43.2 Å². The van der Waals surface area contributed by atoms with Crippen molar-refractivity contribution < 1.29 is 63.1 Å². The SMILES string of the molecule is CCCCC/C=C\CCCCCCCC(=O)O[C@H](COC(=O)CCCCCCCCC/C=C\CCCCCCCC)COP(=O)(O)OC1C(O)C(O)C(O)[C@@H](O)C1O. The number of rotatable bonds is 37. The molecule has 0 aromatic rings. The molecule has 0 saturated heterocycles. The lowest BCUT2D eigenvalue weighted by molar-refractivity contribution is -0.220. The number of aliphatic hydroxyl groups is 5. The van der Waals surface area contributed by atoms with Gasteiger partial charge in [0.15, 0.2) is 6.10 Å². The van der Waals surface area contributed by atoms with Gasteiger partial charge in [0.2, 0.25) is 0 Å². The molecule has 0 amide bonds. The molecule has 1 aliphatic carbocycles. The third kappa shape index (κ3) is 27.2. The summed E-state index contributed by atoms with van der Waals surface area (Å²) in [5.41, 5.74) is 0. The molecule has 58 heavy (non-hydrogen) atoms. The summed E-state index contributed by atoms with van der Waals surface area (Å²) in [6.07, 6.45) is 23.8. The van der Waals surface area contributed by atoms with Crippen LogP contribution in [0, 0.1) is 0 Å². The first-order chi connectivity index (χ1) is 27.9. The Morgan fingerprint density at radius 1 is 0.517 bits per heavy atom. The average Bonchev–Trinajstić information content (AvgIpc) is 3.20. The van der Waals surface area contributed by atoms with E-state index in [0.29, 0.717) is 12.8 Å². The predicted octanol–water partition coefficient (Wildman–Crippen LogP) is 8.45. The van der Waals surface area contributed by atoms with Gasteiger partial charge in [-0.2, -0.15) is 0 Å². The lowest BCUT2D eigenvalue weighted by Crippen LogP contribution is -2.64. The van der Waals surface area contributed by atoms with E-state index in [1.807, 2.05) is 0 Å². The van der Waals surface area contributed by atoms with Crippen LogP contribution in [-0.2, 0) is 32.7 Å². The normalized spacial score (nSPS) is 22.7. The molecule has 1 saturated carbocycles. The molecular formula is C44H81O13P. The molecule has 0 bridgehead atoms. The van der Waals surface area contributed by atoms with Crippen molar-refractivity contribution >= 4 is 19.8 Å². The zero-order valence-electron chi connectivity index (χ0n) is 35.8. The second-order valence-electron chi connectivity index (χ2n) is 15.9. The largest absolute Gasteiger partial charge is 0.472 e. The highest BCUT2D eigenvalue weighted by Gasteiger charge is 2.51. The summed E-state index contributed by atoms with van der Waals surface area (Å²) in [5, 5.41) is 50.1. The van der Waals surface area contributed by atoms with E-state index in [0.717, 1.165) is 70.6 Å². The fourth-order valence-corrected chi connectivity index (χ4v) is 7.78. The molecule has 1 rings (SSSR count). The van der Waals surface area contributed by atoms with Crippen molar-refractivity contribution in [1.29, 1.82) is 0 Å². The third-order valence-electron chi connectivity index (χ3n) is 10.5. The van der Waals surface area contributed by atoms with Gasteiger partial charge >= 0.3 is 19.8 Å². The van der Waals surface area contributed by atoms with Crippen LogP contribution in [0.25, 0.3) is 0 Å². The molecule has 13 nitrogen and oxygen atoms in total. The highest BCUT2D eigenvalue weighted by molar-refractivity contribution is 7.47. The minimum Gasteiger partial charge on any atom is -0.462 e. The summed E-state index contributed by atoms with van der Waals surface area (Å²) in [4.78, 5) is 35.6. The Morgan fingerprint density at radius 2 is 0.879 bits per heavy atom. The predicted molar refractivity (Wildman–Crippen MR) is 226 cm³/mol. The molecule has 0 aromatic carbocycles. The second kappa shape index (κ2) is 35.0. The van der Waals surface area contributed by atoms with Crippen molar-refractivity contribution in [3.05, 3.63) is 24.3 Å². The Kier molecular flexibility index (Phi) is 32.8. The van der Waals surface area contributed by atoms with Gasteiger partial charge in [-0.1, -0.05) is 134 Å². The first-order valence-electron chi connectivity index (χ1n) is 22.6. The number of carbonyl (C=O) groups excluding carboxylic acids is 2. The summed E-state index contributed by atoms with van der Waals surface area (Å²) in [5.74, 6) is -1.11. The number of unbranched alkanes of at least 4 members (excludes halogenated alkanes) is 21. The quantitative estimate of drug-likeness (QED) is 0.0150. The van der Waals surface area contributed by atoms with Crippen LogP contribution in [0.3, 0.4) is 0 Å². The summed E-state index contributed by atoms with van der Waals surface area (Å²) in [7, 11) is -5.11. The van der Waals surface area contributed by atoms with Crippen LogP contribution >= 0.6 is 7.82 Å². The van der Waals surface area contributed by atoms with E-state index < -0.39 is 75.7 Å². The summed E-state index contributed by atoms with van der Waals surface area (Å²) in [6.45, 7) is 3.25. The fourth-order valence-electron chi connectivity index (χ4n) is 6.81. The van der Waals surface area contributed by atoms with Crippen LogP contribution in [0.15, 0.2) is 24.3 Å². The van der Waals surface area contributed by atoms with Gasteiger partial charge in [0.25, 0.3) is 0 Å². The first kappa shape index (κ1) is 54.3. The number of ether oxygens (including phenoxy) is 2. The number of phosphoric ester groups is 1. The first-order valence-corrected chi connectivity index (χ1v) is 24.1. The van der Waals surface area contributed by atoms with Gasteiger partial charge in [-0.25, -0.2) is 4.57 Å². The van der Waals surface area contributed by atoms with Crippen LogP contribution < -0.4 is 0 Å². The van der Waals surface area contributed by atoms with E-state index in [2.05, 4.69) is 38.2 Å². The van der Waals surface area contributed by atoms with Crippen LogP contribution in [0.4, 0.5) is 0 Å². The Balaban J connectivity index is 2.46. The number of aliphatic hydroxyl groups excluding tert-OH is 5. The number of esters is 2. The van der Waals surface area contributed by atoms with E-state index in [1.54, 1.807) is 0 Å². The van der Waals surface area contributed by atoms with Crippen LogP contribution in [0.2, 0.25) is 0 Å². The fraction of sp³-hybridized carbons (Fsp3) is 0.864. The minimum absolute atomic E-state index is 0.0869. The molecule has 0 aromatic heterocycles. The standard InChI is InChI=1S/C44H81O13P/c1-3-5-7-9-11-13-15-17-18-19-20-21-23-24-26-28-30-32-37(45)54-34-36(56-38(46)33-31-29-27-25-22-16-14-12-10-8-6-4-2)35-55-58(52,53)57-44-42(50)40(48)39(47)41(49)43(44)51/h12,14,17-18,36,39-44,47-51H,3-11,13,15-16,19-35H2,1-2H3,(H,52,53)/b14-12-,18-17-/t36-,39?,40-,41?,42?,43?,44?/m1/s1. The topological polar surface area (TPSA) is 210 Å². The van der Waals surface area contributed by atoms with E-state index in [1.165, 1.54) is 77.0 Å². The zero-order valence-corrected chi connectivity index (χ0v) is 36.7. The smallest absolute Gasteiger partial charge is 0.462 e. The minimum atomic E-state index is -5.11. The monoisotopic (exact) mass is 849 g/mol. The molecule has 6 N–H and O–H groups in total. The Hall–Kier alpha value is -1.67. The molecule has 0 heterocycles. The van der Waals surface area contributed by atoms with Gasteiger partial charge in [-0.15, -0.1) is 0 Å². The maximum absolute atomic E-state index is 12.8. The van der Waals surface area contributed by atoms with Crippen molar-refractivity contribution in [2.24, 2.45) is 0 Å². The van der Waals surface area contributed by atoms with E-state index in [9.17, 15) is 44.6 Å². The van der Waals surface area contributed by atoms with Crippen LogP contribution in [0.5, 0.6) is 0 Å². The Labute approximate surface area is 349 Å². The molecule has 0 aliphatic heterocycles. The van der Waals surface area contributed by atoms with E-state index in [4.69, 9.17) is 18.5 Å². The van der Waals surface area contributed by atoms with Crippen molar-refractivity contribution in [1.82, 2.24) is 0 Å². The number of phosphoric acid groups is 1. The van der Waals surface area contributed by atoms with Gasteiger partial charge in [0.05, 0.1) is 6.61 Å². The van der Waals surface area contributed by atoms with E-state index in [-0.39, 0.29) is 12.8 Å². The lowest BCUT2D eigenvalue weighted by atomic mass is 9.85. The molecule has 1 aliphatic rings. The van der Waals surface area contributed by atoms with Gasteiger partial charge < -0.3 is 39.9 Å². The summed E-state index contributed by atoms with van der Waals surface area (Å²) in [6, 6.07) is 0. The Morgan fingerprint density at radius 3 is 1.34 bits per heavy atom. The second-order valence-corrected chi connectivity index (χ2v) is 17.3. The molecule has 0 radical (unpaired) electrons. The zero-order chi connectivity index (χ0) is 42.9. The summed E-state index contributed by atoms with van der Waals surface area (Å²) < 4.78 is 33.5. The highest BCUT2D eigenvalue weighted by Crippen LogP contribution is 2.47. The lowest BCUT2D eigenvalue weighted by Gasteiger charge is -2.41.